The van der Waals surface area contributed by atoms with E-state index in [1.54, 1.807) is 0 Å². The number of benzene rings is 1. The Morgan fingerprint density at radius 1 is 1.22 bits per heavy atom. The molecule has 3 heterocycles. The molecule has 27 heavy (non-hydrogen) atoms. The van der Waals surface area contributed by atoms with Crippen LogP contribution in [0.3, 0.4) is 0 Å². The molecule has 1 aliphatic rings. The van der Waals surface area contributed by atoms with Crippen molar-refractivity contribution in [1.29, 1.82) is 0 Å². The van der Waals surface area contributed by atoms with E-state index in [9.17, 15) is 0 Å². The van der Waals surface area contributed by atoms with Crippen molar-refractivity contribution in [2.75, 3.05) is 6.61 Å². The van der Waals surface area contributed by atoms with Gasteiger partial charge in [-0.1, -0.05) is 42.9 Å². The SMILES string of the molecule is CC(C)Cc1nc(CSc2nnc(C3COc4ccccc4O3)n2C)no1. The molecule has 0 N–H and O–H groups in total. The summed E-state index contributed by atoms with van der Waals surface area (Å²) >= 11 is 1.51. The lowest BCUT2D eigenvalue weighted by molar-refractivity contribution is 0.0825. The van der Waals surface area contributed by atoms with Gasteiger partial charge in [-0.3, -0.25) is 0 Å². The largest absolute Gasteiger partial charge is 0.485 e. The minimum atomic E-state index is -0.297. The molecular weight excluding hydrogens is 366 g/mol. The fourth-order valence-corrected chi connectivity index (χ4v) is 3.55. The van der Waals surface area contributed by atoms with E-state index in [2.05, 4.69) is 34.2 Å². The van der Waals surface area contributed by atoms with Crippen molar-refractivity contribution in [1.82, 2.24) is 24.9 Å². The predicted octanol–water partition coefficient (Wildman–Crippen LogP) is 3.20. The van der Waals surface area contributed by atoms with Crippen molar-refractivity contribution in [3.8, 4) is 11.5 Å². The van der Waals surface area contributed by atoms with Gasteiger partial charge in [0.05, 0.1) is 5.75 Å². The standard InChI is InChI=1S/C18H21N5O3S/c1-11(2)8-16-19-15(22-26-16)10-27-18-21-20-17(23(18)3)14-9-24-12-6-4-5-7-13(12)25-14/h4-7,11,14H,8-10H2,1-3H3. The number of aromatic nitrogens is 5. The van der Waals surface area contributed by atoms with Gasteiger partial charge in [0.2, 0.25) is 5.89 Å². The zero-order valence-electron chi connectivity index (χ0n) is 15.5. The highest BCUT2D eigenvalue weighted by Crippen LogP contribution is 2.35. The van der Waals surface area contributed by atoms with E-state index >= 15 is 0 Å². The van der Waals surface area contributed by atoms with Crippen molar-refractivity contribution in [2.24, 2.45) is 13.0 Å². The zero-order chi connectivity index (χ0) is 18.8. The number of para-hydroxylation sites is 2. The minimum Gasteiger partial charge on any atom is -0.485 e. The third kappa shape index (κ3) is 3.92. The topological polar surface area (TPSA) is 88.1 Å². The second-order valence-electron chi connectivity index (χ2n) is 6.76. The van der Waals surface area contributed by atoms with Gasteiger partial charge in [0.1, 0.15) is 6.61 Å². The van der Waals surface area contributed by atoms with Crippen molar-refractivity contribution < 1.29 is 14.0 Å². The molecule has 0 amide bonds. The van der Waals surface area contributed by atoms with Gasteiger partial charge in [-0.25, -0.2) is 0 Å². The van der Waals surface area contributed by atoms with E-state index < -0.39 is 0 Å². The zero-order valence-corrected chi connectivity index (χ0v) is 16.3. The first-order valence-corrected chi connectivity index (χ1v) is 9.80. The maximum atomic E-state index is 6.02. The Hall–Kier alpha value is -2.55. The van der Waals surface area contributed by atoms with Crippen LogP contribution in [0.5, 0.6) is 11.5 Å². The van der Waals surface area contributed by atoms with Crippen molar-refractivity contribution in [2.45, 2.75) is 37.3 Å². The lowest BCUT2D eigenvalue weighted by Gasteiger charge is -2.25. The first-order valence-electron chi connectivity index (χ1n) is 8.82. The van der Waals surface area contributed by atoms with Gasteiger partial charge in [-0.05, 0) is 18.1 Å². The molecule has 0 radical (unpaired) electrons. The number of nitrogens with zero attached hydrogens (tertiary/aromatic N) is 5. The summed E-state index contributed by atoms with van der Waals surface area (Å²) in [6, 6.07) is 7.62. The van der Waals surface area contributed by atoms with Crippen LogP contribution in [-0.4, -0.2) is 31.5 Å². The van der Waals surface area contributed by atoms with Crippen LogP contribution in [0.2, 0.25) is 0 Å². The highest BCUT2D eigenvalue weighted by molar-refractivity contribution is 7.98. The van der Waals surface area contributed by atoms with E-state index in [1.807, 2.05) is 35.9 Å². The maximum absolute atomic E-state index is 6.02. The Labute approximate surface area is 161 Å². The van der Waals surface area contributed by atoms with Crippen LogP contribution in [0.15, 0.2) is 33.9 Å². The molecule has 1 aromatic carbocycles. The number of hydrogen-bond acceptors (Lipinski definition) is 8. The highest BCUT2D eigenvalue weighted by Gasteiger charge is 2.27. The number of hydrogen-bond donors (Lipinski definition) is 0. The van der Waals surface area contributed by atoms with E-state index in [0.717, 1.165) is 28.9 Å². The number of rotatable bonds is 6. The maximum Gasteiger partial charge on any atom is 0.226 e. The molecule has 0 aliphatic carbocycles. The lowest BCUT2D eigenvalue weighted by Crippen LogP contribution is -2.24. The highest BCUT2D eigenvalue weighted by atomic mass is 32.2. The lowest BCUT2D eigenvalue weighted by atomic mass is 10.1. The van der Waals surface area contributed by atoms with Gasteiger partial charge in [0, 0.05) is 13.5 Å². The van der Waals surface area contributed by atoms with E-state index in [1.165, 1.54) is 11.8 Å². The number of ether oxygens (including phenoxy) is 2. The average Bonchev–Trinajstić information content (AvgIpc) is 3.25. The number of fused-ring (bicyclic) bond motifs is 1. The third-order valence-electron chi connectivity index (χ3n) is 4.09. The molecule has 1 aliphatic heterocycles. The summed E-state index contributed by atoms with van der Waals surface area (Å²) in [5.41, 5.74) is 0. The van der Waals surface area contributed by atoms with Crippen molar-refractivity contribution in [3.63, 3.8) is 0 Å². The molecule has 3 aromatic rings. The van der Waals surface area contributed by atoms with Gasteiger partial charge in [-0.2, -0.15) is 4.98 Å². The van der Waals surface area contributed by atoms with Crippen molar-refractivity contribution >= 4 is 11.8 Å². The smallest absolute Gasteiger partial charge is 0.226 e. The molecule has 142 valence electrons. The summed E-state index contributed by atoms with van der Waals surface area (Å²) in [4.78, 5) is 4.42. The van der Waals surface area contributed by atoms with Crippen LogP contribution < -0.4 is 9.47 Å². The van der Waals surface area contributed by atoms with E-state index in [4.69, 9.17) is 14.0 Å². The molecule has 0 saturated carbocycles. The summed E-state index contributed by atoms with van der Waals surface area (Å²) in [5.74, 6) is 4.57. The Kier molecular flexibility index (Phi) is 5.02. The Bertz CT molecular complexity index is 923. The van der Waals surface area contributed by atoms with Gasteiger partial charge >= 0.3 is 0 Å². The Balaban J connectivity index is 1.41. The molecular formula is C18H21N5O3S. The number of thioether (sulfide) groups is 1. The van der Waals surface area contributed by atoms with Gasteiger partial charge in [-0.15, -0.1) is 10.2 Å². The molecule has 8 nitrogen and oxygen atoms in total. The molecule has 0 saturated heterocycles. The van der Waals surface area contributed by atoms with E-state index in [-0.39, 0.29) is 6.10 Å². The molecule has 1 atom stereocenters. The first kappa shape index (κ1) is 17.8. The Morgan fingerprint density at radius 3 is 2.85 bits per heavy atom. The van der Waals surface area contributed by atoms with Gasteiger partial charge in [0.15, 0.2) is 34.4 Å². The van der Waals surface area contributed by atoms with Crippen LogP contribution in [0, 0.1) is 5.92 Å². The van der Waals surface area contributed by atoms with Gasteiger partial charge in [0.25, 0.3) is 0 Å². The van der Waals surface area contributed by atoms with E-state index in [0.29, 0.717) is 30.0 Å². The first-order chi connectivity index (χ1) is 13.1. The second kappa shape index (κ2) is 7.59. The van der Waals surface area contributed by atoms with Gasteiger partial charge < -0.3 is 18.6 Å². The average molecular weight is 387 g/mol. The normalized spacial score (nSPS) is 16.1. The fourth-order valence-electron chi connectivity index (χ4n) is 2.79. The fraction of sp³-hybridized carbons (Fsp3) is 0.444. The Morgan fingerprint density at radius 2 is 2.04 bits per heavy atom. The summed E-state index contributed by atoms with van der Waals surface area (Å²) in [6.45, 7) is 4.64. The van der Waals surface area contributed by atoms with Crippen LogP contribution in [0.1, 0.15) is 37.5 Å². The van der Waals surface area contributed by atoms with Crippen molar-refractivity contribution in [3.05, 3.63) is 41.8 Å². The molecule has 9 heteroatoms. The van der Waals surface area contributed by atoms with Crippen LogP contribution >= 0.6 is 11.8 Å². The summed E-state index contributed by atoms with van der Waals surface area (Å²) in [5, 5.41) is 13.4. The minimum absolute atomic E-state index is 0.297. The molecule has 0 bridgehead atoms. The third-order valence-corrected chi connectivity index (χ3v) is 5.10. The molecule has 0 fully saturated rings. The molecule has 1 unspecified atom stereocenters. The van der Waals surface area contributed by atoms with Crippen LogP contribution in [-0.2, 0) is 19.2 Å². The van der Waals surface area contributed by atoms with Crippen LogP contribution in [0.25, 0.3) is 0 Å². The molecule has 4 rings (SSSR count). The predicted molar refractivity (Wildman–Crippen MR) is 98.7 cm³/mol. The summed E-state index contributed by atoms with van der Waals surface area (Å²) in [7, 11) is 1.92. The quantitative estimate of drug-likeness (QED) is 0.596. The van der Waals surface area contributed by atoms with Crippen LogP contribution in [0.4, 0.5) is 0 Å². The summed E-state index contributed by atoms with van der Waals surface area (Å²) < 4.78 is 19.0. The molecule has 2 aromatic heterocycles. The molecule has 0 spiro atoms. The second-order valence-corrected chi connectivity index (χ2v) is 7.70. The monoisotopic (exact) mass is 387 g/mol. The summed E-state index contributed by atoms with van der Waals surface area (Å²) in [6.07, 6.45) is 0.487.